The van der Waals surface area contributed by atoms with E-state index >= 15 is 0 Å². The highest BCUT2D eigenvalue weighted by Gasteiger charge is 2.11. The Morgan fingerprint density at radius 2 is 2.20 bits per heavy atom. The largest absolute Gasteiger partial charge is 0.469 e. The van der Waals surface area contributed by atoms with E-state index < -0.39 is 0 Å². The summed E-state index contributed by atoms with van der Waals surface area (Å²) in [4.78, 5) is 11.1. The number of alkyl halides is 1. The number of aryl methyl sites for hydroxylation is 1. The molecular weight excluding hydrogens is 263 g/mol. The van der Waals surface area contributed by atoms with Crippen LogP contribution in [0.3, 0.4) is 0 Å². The van der Waals surface area contributed by atoms with E-state index in [1.165, 1.54) is 19.2 Å². The molecule has 0 aliphatic carbocycles. The number of methoxy groups -OCH3 is 1. The summed E-state index contributed by atoms with van der Waals surface area (Å²) in [6.07, 6.45) is 0.107. The number of hydrogen-bond acceptors (Lipinski definition) is 2. The van der Waals surface area contributed by atoms with Crippen LogP contribution in [0.15, 0.2) is 12.1 Å². The van der Waals surface area contributed by atoms with Gasteiger partial charge in [-0.15, -0.1) is 0 Å². The average molecular weight is 275 g/mol. The van der Waals surface area contributed by atoms with Gasteiger partial charge in [0.25, 0.3) is 0 Å². The number of halogens is 2. The van der Waals surface area contributed by atoms with E-state index in [0.29, 0.717) is 10.9 Å². The fraction of sp³-hybridized carbons (Fsp3) is 0.364. The van der Waals surface area contributed by atoms with E-state index in [2.05, 4.69) is 20.7 Å². The zero-order valence-electron chi connectivity index (χ0n) is 8.64. The van der Waals surface area contributed by atoms with E-state index in [4.69, 9.17) is 0 Å². The maximum Gasteiger partial charge on any atom is 0.309 e. The monoisotopic (exact) mass is 274 g/mol. The molecule has 0 spiro atoms. The molecule has 2 nitrogen and oxygen atoms in total. The van der Waals surface area contributed by atoms with Gasteiger partial charge in [-0.3, -0.25) is 4.79 Å². The van der Waals surface area contributed by atoms with Gasteiger partial charge in [0.15, 0.2) is 0 Å². The Balaban J connectivity index is 3.09. The molecule has 0 aromatic heterocycles. The average Bonchev–Trinajstić information content (AvgIpc) is 2.17. The van der Waals surface area contributed by atoms with Gasteiger partial charge in [0.2, 0.25) is 0 Å². The van der Waals surface area contributed by atoms with Crippen LogP contribution in [-0.4, -0.2) is 13.1 Å². The van der Waals surface area contributed by atoms with Gasteiger partial charge in [0.1, 0.15) is 5.82 Å². The Hall–Kier alpha value is -0.900. The molecule has 1 rings (SSSR count). The summed E-state index contributed by atoms with van der Waals surface area (Å²) in [6.45, 7) is 1.82. The molecule has 0 aliphatic heterocycles. The van der Waals surface area contributed by atoms with E-state index in [9.17, 15) is 9.18 Å². The first-order valence-corrected chi connectivity index (χ1v) is 5.61. The highest BCUT2D eigenvalue weighted by Crippen LogP contribution is 2.20. The second-order valence-corrected chi connectivity index (χ2v) is 3.81. The second-order valence-electron chi connectivity index (χ2n) is 3.25. The third kappa shape index (κ3) is 3.02. The third-order valence-corrected chi connectivity index (χ3v) is 2.79. The van der Waals surface area contributed by atoms with Crippen molar-refractivity contribution in [2.45, 2.75) is 18.7 Å². The van der Waals surface area contributed by atoms with Gasteiger partial charge >= 0.3 is 5.97 Å². The third-order valence-electron chi connectivity index (χ3n) is 2.23. The summed E-state index contributed by atoms with van der Waals surface area (Å²) in [5.41, 5.74) is 2.46. The van der Waals surface area contributed by atoms with Gasteiger partial charge in [-0.25, -0.2) is 4.39 Å². The predicted molar refractivity (Wildman–Crippen MR) is 59.5 cm³/mol. The molecule has 4 heteroatoms. The molecule has 0 saturated carbocycles. The molecule has 0 radical (unpaired) electrons. The Morgan fingerprint density at radius 1 is 1.53 bits per heavy atom. The van der Waals surface area contributed by atoms with Crippen molar-refractivity contribution >= 4 is 21.9 Å². The first-order chi connectivity index (χ1) is 7.08. The number of benzene rings is 1. The second kappa shape index (κ2) is 5.26. The zero-order valence-corrected chi connectivity index (χ0v) is 10.2. The van der Waals surface area contributed by atoms with Crippen LogP contribution in [-0.2, 0) is 21.3 Å². The van der Waals surface area contributed by atoms with Crippen molar-refractivity contribution in [3.63, 3.8) is 0 Å². The molecule has 0 N–H and O–H groups in total. The number of carbonyl (C=O) groups excluding carboxylic acids is 1. The molecule has 0 atom stereocenters. The van der Waals surface area contributed by atoms with Crippen molar-refractivity contribution in [3.05, 3.63) is 34.6 Å². The Labute approximate surface area is 96.6 Å². The number of carbonyl (C=O) groups is 1. The Kier molecular flexibility index (Phi) is 4.27. The summed E-state index contributed by atoms with van der Waals surface area (Å²) in [7, 11) is 1.32. The lowest BCUT2D eigenvalue weighted by atomic mass is 10.0. The number of rotatable bonds is 3. The topological polar surface area (TPSA) is 26.3 Å². The van der Waals surface area contributed by atoms with Crippen molar-refractivity contribution in [2.24, 2.45) is 0 Å². The predicted octanol–water partition coefficient (Wildman–Crippen LogP) is 2.74. The quantitative estimate of drug-likeness (QED) is 0.626. The Bertz CT molecular complexity index is 377. The highest BCUT2D eigenvalue weighted by molar-refractivity contribution is 9.08. The minimum Gasteiger partial charge on any atom is -0.469 e. The van der Waals surface area contributed by atoms with Crippen LogP contribution in [0.4, 0.5) is 4.39 Å². The summed E-state index contributed by atoms with van der Waals surface area (Å²) in [6, 6.07) is 2.83. The van der Waals surface area contributed by atoms with Crippen LogP contribution in [0.2, 0.25) is 0 Å². The van der Waals surface area contributed by atoms with Crippen LogP contribution in [0.5, 0.6) is 0 Å². The molecule has 0 bridgehead atoms. The van der Waals surface area contributed by atoms with Crippen LogP contribution in [0, 0.1) is 12.7 Å². The van der Waals surface area contributed by atoms with Crippen molar-refractivity contribution in [1.29, 1.82) is 0 Å². The summed E-state index contributed by atoms with van der Waals surface area (Å²) < 4.78 is 17.7. The molecule has 82 valence electrons. The fourth-order valence-electron chi connectivity index (χ4n) is 1.42. The standard InChI is InChI=1S/C11H12BrFO2/c1-7-3-9(13)4-8(10(7)6-12)5-11(14)15-2/h3-4H,5-6H2,1-2H3. The van der Waals surface area contributed by atoms with Gasteiger partial charge in [-0.05, 0) is 35.7 Å². The first kappa shape index (κ1) is 12.2. The van der Waals surface area contributed by atoms with E-state index in [0.717, 1.165) is 11.1 Å². The van der Waals surface area contributed by atoms with Crippen molar-refractivity contribution < 1.29 is 13.9 Å². The maximum absolute atomic E-state index is 13.1. The van der Waals surface area contributed by atoms with Gasteiger partial charge in [0.05, 0.1) is 13.5 Å². The number of hydrogen-bond donors (Lipinski definition) is 0. The summed E-state index contributed by atoms with van der Waals surface area (Å²) >= 11 is 3.32. The first-order valence-electron chi connectivity index (χ1n) is 4.49. The molecule has 0 aliphatic rings. The van der Waals surface area contributed by atoms with E-state index in [1.807, 2.05) is 6.92 Å². The van der Waals surface area contributed by atoms with E-state index in [-0.39, 0.29) is 18.2 Å². The fourth-order valence-corrected chi connectivity index (χ4v) is 2.22. The SMILES string of the molecule is COC(=O)Cc1cc(F)cc(C)c1CBr. The summed E-state index contributed by atoms with van der Waals surface area (Å²) in [5, 5.41) is 0.603. The van der Waals surface area contributed by atoms with Gasteiger partial charge in [-0.2, -0.15) is 0 Å². The van der Waals surface area contributed by atoms with Crippen molar-refractivity contribution in [3.8, 4) is 0 Å². The van der Waals surface area contributed by atoms with Gasteiger partial charge < -0.3 is 4.74 Å². The van der Waals surface area contributed by atoms with Crippen LogP contribution in [0.25, 0.3) is 0 Å². The molecule has 0 amide bonds. The lowest BCUT2D eigenvalue weighted by molar-refractivity contribution is -0.139. The van der Waals surface area contributed by atoms with Crippen molar-refractivity contribution in [2.75, 3.05) is 7.11 Å². The zero-order chi connectivity index (χ0) is 11.4. The number of esters is 1. The lowest BCUT2D eigenvalue weighted by Crippen LogP contribution is -2.07. The summed E-state index contributed by atoms with van der Waals surface area (Å²) in [5.74, 6) is -0.682. The molecule has 1 aromatic rings. The minimum absolute atomic E-state index is 0.107. The maximum atomic E-state index is 13.1. The van der Waals surface area contributed by atoms with Crippen LogP contribution in [0.1, 0.15) is 16.7 Å². The molecular formula is C11H12BrFO2. The molecule has 0 heterocycles. The molecule has 0 fully saturated rings. The molecule has 1 aromatic carbocycles. The Morgan fingerprint density at radius 3 is 2.73 bits per heavy atom. The normalized spacial score (nSPS) is 10.1. The minimum atomic E-state index is -0.359. The van der Waals surface area contributed by atoms with Crippen LogP contribution < -0.4 is 0 Å². The lowest BCUT2D eigenvalue weighted by Gasteiger charge is -2.09. The molecule has 0 saturated heterocycles. The molecule has 15 heavy (non-hydrogen) atoms. The van der Waals surface area contributed by atoms with Gasteiger partial charge in [-0.1, -0.05) is 15.9 Å². The molecule has 0 unspecified atom stereocenters. The van der Waals surface area contributed by atoms with E-state index in [1.54, 1.807) is 0 Å². The van der Waals surface area contributed by atoms with Gasteiger partial charge in [0, 0.05) is 5.33 Å². The van der Waals surface area contributed by atoms with Crippen LogP contribution >= 0.6 is 15.9 Å². The van der Waals surface area contributed by atoms with Crippen molar-refractivity contribution in [1.82, 2.24) is 0 Å². The highest BCUT2D eigenvalue weighted by atomic mass is 79.9. The smallest absolute Gasteiger partial charge is 0.309 e. The number of ether oxygens (including phenoxy) is 1.